The molecule has 1 unspecified atom stereocenters. The van der Waals surface area contributed by atoms with Crippen molar-refractivity contribution in [1.82, 2.24) is 20.0 Å². The van der Waals surface area contributed by atoms with Crippen LogP contribution in [0.5, 0.6) is 0 Å². The number of nitrogens with one attached hydrogen (secondary N) is 3. The zero-order chi connectivity index (χ0) is 25.1. The minimum atomic E-state index is -0.373. The maximum atomic E-state index is 13.5. The number of anilines is 1. The Morgan fingerprint density at radius 1 is 1.09 bits per heavy atom. The number of thiocarbonyl (C=S) groups is 1. The molecule has 0 saturated carbocycles. The number of carbonyl (C=O) groups is 1. The van der Waals surface area contributed by atoms with Gasteiger partial charge in [-0.25, -0.2) is 13.6 Å². The zero-order valence-electron chi connectivity index (χ0n) is 19.6. The first-order chi connectivity index (χ1) is 16.7. The van der Waals surface area contributed by atoms with E-state index in [-0.39, 0.29) is 34.5 Å². The SMILES string of the molecule is CN1C(=O)N(CC2CCCN2C)C(=N)/C(=C(\NCc2ccc(F)cc2)Nc2ccc(F)cc2)C1=S. The molecule has 3 N–H and O–H groups in total. The van der Waals surface area contributed by atoms with Gasteiger partial charge in [0.05, 0.1) is 5.57 Å². The number of halogens is 2. The molecule has 35 heavy (non-hydrogen) atoms. The Hall–Kier alpha value is -3.37. The first-order valence-electron chi connectivity index (χ1n) is 11.4. The van der Waals surface area contributed by atoms with Gasteiger partial charge in [-0.1, -0.05) is 24.4 Å². The van der Waals surface area contributed by atoms with E-state index in [2.05, 4.69) is 15.5 Å². The summed E-state index contributed by atoms with van der Waals surface area (Å²) < 4.78 is 26.8. The van der Waals surface area contributed by atoms with Gasteiger partial charge in [-0.2, -0.15) is 0 Å². The number of likely N-dealkylation sites (N-methyl/N-ethyl adjacent to an activating group) is 2. The number of rotatable bonds is 7. The largest absolute Gasteiger partial charge is 0.367 e. The molecule has 10 heteroatoms. The zero-order valence-corrected chi connectivity index (χ0v) is 20.5. The van der Waals surface area contributed by atoms with Crippen molar-refractivity contribution in [3.8, 4) is 0 Å². The molecule has 2 saturated heterocycles. The molecule has 0 radical (unpaired) electrons. The van der Waals surface area contributed by atoms with Crippen LogP contribution in [-0.2, 0) is 6.54 Å². The predicted octanol–water partition coefficient (Wildman–Crippen LogP) is 4.14. The molecular weight excluding hydrogens is 470 g/mol. The highest BCUT2D eigenvalue weighted by Gasteiger charge is 2.39. The monoisotopic (exact) mass is 498 g/mol. The maximum absolute atomic E-state index is 13.5. The Bertz CT molecular complexity index is 1150. The number of nitrogens with zero attached hydrogens (tertiary/aromatic N) is 3. The van der Waals surface area contributed by atoms with E-state index in [9.17, 15) is 13.6 Å². The van der Waals surface area contributed by atoms with Crippen LogP contribution in [0.1, 0.15) is 18.4 Å². The molecule has 0 bridgehead atoms. The first-order valence-corrected chi connectivity index (χ1v) is 11.8. The van der Waals surface area contributed by atoms with Crippen LogP contribution in [0.4, 0.5) is 19.3 Å². The van der Waals surface area contributed by atoms with Crippen molar-refractivity contribution in [3.05, 3.63) is 77.1 Å². The van der Waals surface area contributed by atoms with Crippen molar-refractivity contribution in [2.75, 3.05) is 32.5 Å². The van der Waals surface area contributed by atoms with E-state index < -0.39 is 0 Å². The fourth-order valence-electron chi connectivity index (χ4n) is 4.25. The summed E-state index contributed by atoms with van der Waals surface area (Å²) in [6.07, 6.45) is 1.99. The van der Waals surface area contributed by atoms with Gasteiger partial charge in [0, 0.05) is 31.9 Å². The first kappa shape index (κ1) is 24.7. The van der Waals surface area contributed by atoms with Gasteiger partial charge in [-0.3, -0.25) is 15.2 Å². The number of hydrogen-bond acceptors (Lipinski definition) is 6. The van der Waals surface area contributed by atoms with Crippen LogP contribution >= 0.6 is 12.2 Å². The van der Waals surface area contributed by atoms with Gasteiger partial charge in [0.2, 0.25) is 0 Å². The van der Waals surface area contributed by atoms with Crippen molar-refractivity contribution in [1.29, 1.82) is 5.41 Å². The fraction of sp³-hybridized carbons (Fsp3) is 0.320. The highest BCUT2D eigenvalue weighted by Crippen LogP contribution is 2.25. The topological polar surface area (TPSA) is 74.7 Å². The second-order valence-corrected chi connectivity index (χ2v) is 9.13. The van der Waals surface area contributed by atoms with Crippen LogP contribution in [0.2, 0.25) is 0 Å². The van der Waals surface area contributed by atoms with Gasteiger partial charge >= 0.3 is 6.03 Å². The van der Waals surface area contributed by atoms with E-state index in [1.54, 1.807) is 31.3 Å². The van der Waals surface area contributed by atoms with Crippen LogP contribution in [0.15, 0.2) is 59.9 Å². The number of likely N-dealkylation sites (tertiary alicyclic amines) is 1. The maximum Gasteiger partial charge on any atom is 0.330 e. The lowest BCUT2D eigenvalue weighted by atomic mass is 10.1. The smallest absolute Gasteiger partial charge is 0.330 e. The summed E-state index contributed by atoms with van der Waals surface area (Å²) in [5.74, 6) is -0.309. The van der Waals surface area contributed by atoms with E-state index in [4.69, 9.17) is 17.6 Å². The summed E-state index contributed by atoms with van der Waals surface area (Å²) in [7, 11) is 3.62. The van der Waals surface area contributed by atoms with E-state index in [1.165, 1.54) is 34.1 Å². The van der Waals surface area contributed by atoms with Crippen molar-refractivity contribution in [3.63, 3.8) is 0 Å². The Morgan fingerprint density at radius 2 is 1.71 bits per heavy atom. The lowest BCUT2D eigenvalue weighted by Crippen LogP contribution is -2.57. The fourth-order valence-corrected chi connectivity index (χ4v) is 4.53. The number of urea groups is 1. The molecule has 0 aromatic heterocycles. The molecule has 0 spiro atoms. The molecule has 2 fully saturated rings. The number of carbonyl (C=O) groups excluding carboxylic acids is 1. The highest BCUT2D eigenvalue weighted by atomic mass is 32.1. The molecule has 2 aliphatic rings. The third kappa shape index (κ3) is 5.49. The number of hydrogen-bond donors (Lipinski definition) is 3. The number of benzene rings is 2. The Labute approximate surface area is 208 Å². The average molecular weight is 499 g/mol. The Balaban J connectivity index is 1.69. The van der Waals surface area contributed by atoms with Gasteiger partial charge in [0.15, 0.2) is 0 Å². The van der Waals surface area contributed by atoms with Crippen LogP contribution in [0, 0.1) is 17.0 Å². The van der Waals surface area contributed by atoms with Gasteiger partial charge < -0.3 is 15.5 Å². The average Bonchev–Trinajstić information content (AvgIpc) is 3.25. The summed E-state index contributed by atoms with van der Waals surface area (Å²) in [4.78, 5) is 18.3. The van der Waals surface area contributed by atoms with Crippen LogP contribution in [-0.4, -0.2) is 64.8 Å². The molecule has 2 aromatic rings. The normalized spacial score (nSPS) is 20.5. The summed E-state index contributed by atoms with van der Waals surface area (Å²) >= 11 is 5.60. The molecule has 2 heterocycles. The van der Waals surface area contributed by atoms with Crippen LogP contribution in [0.3, 0.4) is 0 Å². The summed E-state index contributed by atoms with van der Waals surface area (Å²) in [5, 5.41) is 15.4. The van der Waals surface area contributed by atoms with Gasteiger partial charge in [-0.05, 0) is 68.4 Å². The highest BCUT2D eigenvalue weighted by molar-refractivity contribution is 7.80. The molecule has 184 valence electrons. The van der Waals surface area contributed by atoms with Gasteiger partial charge in [-0.15, -0.1) is 0 Å². The predicted molar refractivity (Wildman–Crippen MR) is 136 cm³/mol. The van der Waals surface area contributed by atoms with Crippen LogP contribution < -0.4 is 10.6 Å². The number of amidine groups is 1. The minimum Gasteiger partial charge on any atom is -0.367 e. The minimum absolute atomic E-state index is 0.00498. The molecular formula is C25H28F2N6OS. The third-order valence-corrected chi connectivity index (χ3v) is 6.83. The molecule has 2 amide bonds. The lowest BCUT2D eigenvalue weighted by molar-refractivity contribution is 0.189. The Kier molecular flexibility index (Phi) is 7.42. The molecule has 0 aliphatic carbocycles. The van der Waals surface area contributed by atoms with E-state index in [0.29, 0.717) is 30.2 Å². The molecule has 2 aliphatic heterocycles. The second kappa shape index (κ2) is 10.5. The molecule has 2 aromatic carbocycles. The summed E-state index contributed by atoms with van der Waals surface area (Å²) in [6.45, 7) is 1.65. The van der Waals surface area contributed by atoms with Crippen molar-refractivity contribution in [2.45, 2.75) is 25.4 Å². The van der Waals surface area contributed by atoms with Crippen molar-refractivity contribution in [2.24, 2.45) is 0 Å². The second-order valence-electron chi connectivity index (χ2n) is 8.74. The van der Waals surface area contributed by atoms with Gasteiger partial charge in [0.1, 0.15) is 28.3 Å². The van der Waals surface area contributed by atoms with Crippen molar-refractivity contribution < 1.29 is 13.6 Å². The molecule has 1 atom stereocenters. The Morgan fingerprint density at radius 3 is 2.31 bits per heavy atom. The van der Waals surface area contributed by atoms with Crippen LogP contribution in [0.25, 0.3) is 0 Å². The molecule has 7 nitrogen and oxygen atoms in total. The van der Waals surface area contributed by atoms with Crippen molar-refractivity contribution >= 4 is 34.8 Å². The molecule has 4 rings (SSSR count). The van der Waals surface area contributed by atoms with Gasteiger partial charge in [0.25, 0.3) is 0 Å². The van der Waals surface area contributed by atoms with E-state index in [1.807, 2.05) is 7.05 Å². The standard InChI is InChI=1S/C25H28F2N6OS/c1-31-13-3-4-20(31)15-33-22(28)21(24(35)32(2)25(33)34)23(30-19-11-9-18(27)10-12-19)29-14-16-5-7-17(26)8-6-16/h5-12,20,28-30H,3-4,13-15H2,1-2H3/b23-21-,28-22?. The summed E-state index contributed by atoms with van der Waals surface area (Å²) in [5.41, 5.74) is 1.75. The lowest BCUT2D eigenvalue weighted by Gasteiger charge is -2.38. The van der Waals surface area contributed by atoms with E-state index in [0.717, 1.165) is 24.9 Å². The third-order valence-electron chi connectivity index (χ3n) is 6.35. The van der Waals surface area contributed by atoms with E-state index >= 15 is 0 Å². The quantitative estimate of drug-likeness (QED) is 0.395. The number of amides is 2. The summed E-state index contributed by atoms with van der Waals surface area (Å²) in [6, 6.07) is 11.7.